The quantitative estimate of drug-likeness (QED) is 0.939. The van der Waals surface area contributed by atoms with Crippen LogP contribution < -0.4 is 4.72 Å². The maximum absolute atomic E-state index is 12.3. The smallest absolute Gasteiger partial charge is 0.263 e. The van der Waals surface area contributed by atoms with Crippen molar-refractivity contribution in [1.82, 2.24) is 4.98 Å². The van der Waals surface area contributed by atoms with Crippen molar-refractivity contribution in [3.63, 3.8) is 0 Å². The summed E-state index contributed by atoms with van der Waals surface area (Å²) in [6, 6.07) is 11.6. The van der Waals surface area contributed by atoms with Gasteiger partial charge in [0.2, 0.25) is 0 Å². The molecule has 2 aromatic rings. The molecule has 0 amide bonds. The third kappa shape index (κ3) is 2.95. The number of hydrogen-bond acceptors (Lipinski definition) is 4. The van der Waals surface area contributed by atoms with E-state index >= 15 is 0 Å². The molecular weight excluding hydrogens is 274 g/mol. The Morgan fingerprint density at radius 1 is 1.20 bits per heavy atom. The topological polar surface area (TPSA) is 82.9 Å². The standard InChI is InChI=1S/C14H13N3O2S/c1-10-6-7-12(9-15)8-13(10)20(18,19)17-14-5-3-4-11(2)16-14/h3-8H,1-2H3,(H,16,17). The number of anilines is 1. The molecule has 2 rings (SSSR count). The van der Waals surface area contributed by atoms with Gasteiger partial charge in [0.05, 0.1) is 16.5 Å². The predicted octanol–water partition coefficient (Wildman–Crippen LogP) is 2.37. The number of rotatable bonds is 3. The Bertz CT molecular complexity index is 792. The minimum atomic E-state index is -3.76. The van der Waals surface area contributed by atoms with Crippen molar-refractivity contribution in [2.75, 3.05) is 4.72 Å². The molecule has 20 heavy (non-hydrogen) atoms. The molecule has 0 bridgehead atoms. The number of pyridine rings is 1. The number of benzene rings is 1. The normalized spacial score (nSPS) is 10.8. The molecule has 1 aromatic heterocycles. The van der Waals surface area contributed by atoms with Crippen LogP contribution in [0, 0.1) is 25.2 Å². The van der Waals surface area contributed by atoms with Crippen LogP contribution in [0.1, 0.15) is 16.8 Å². The van der Waals surface area contributed by atoms with E-state index in [2.05, 4.69) is 9.71 Å². The molecule has 0 radical (unpaired) electrons. The molecule has 0 aliphatic carbocycles. The Balaban J connectivity index is 2.43. The third-order valence-electron chi connectivity index (χ3n) is 2.73. The second kappa shape index (κ2) is 5.31. The number of aromatic nitrogens is 1. The monoisotopic (exact) mass is 287 g/mol. The first-order chi connectivity index (χ1) is 9.42. The lowest BCUT2D eigenvalue weighted by Crippen LogP contribution is -2.15. The van der Waals surface area contributed by atoms with Crippen LogP contribution in [0.4, 0.5) is 5.82 Å². The summed E-state index contributed by atoms with van der Waals surface area (Å²) in [5.41, 5.74) is 1.59. The van der Waals surface area contributed by atoms with Crippen molar-refractivity contribution in [2.45, 2.75) is 18.7 Å². The van der Waals surface area contributed by atoms with E-state index in [9.17, 15) is 8.42 Å². The first kappa shape index (κ1) is 14.0. The average Bonchev–Trinajstić information content (AvgIpc) is 2.38. The molecule has 0 saturated heterocycles. The minimum Gasteiger partial charge on any atom is -0.263 e. The number of sulfonamides is 1. The number of nitriles is 1. The zero-order valence-corrected chi connectivity index (χ0v) is 11.9. The van der Waals surface area contributed by atoms with Crippen LogP contribution in [0.2, 0.25) is 0 Å². The second-order valence-electron chi connectivity index (χ2n) is 4.36. The molecule has 0 fully saturated rings. The average molecular weight is 287 g/mol. The largest absolute Gasteiger partial charge is 0.263 e. The van der Waals surface area contributed by atoms with Gasteiger partial charge in [-0.2, -0.15) is 5.26 Å². The Labute approximate surface area is 118 Å². The zero-order valence-electron chi connectivity index (χ0n) is 11.1. The van der Waals surface area contributed by atoms with Crippen molar-refractivity contribution in [3.8, 4) is 6.07 Å². The molecule has 0 unspecified atom stereocenters. The Kier molecular flexibility index (Phi) is 3.72. The van der Waals surface area contributed by atoms with Crippen molar-refractivity contribution >= 4 is 15.8 Å². The van der Waals surface area contributed by atoms with Crippen LogP contribution in [0.5, 0.6) is 0 Å². The predicted molar refractivity (Wildman–Crippen MR) is 75.7 cm³/mol. The van der Waals surface area contributed by atoms with E-state index in [4.69, 9.17) is 5.26 Å². The maximum Gasteiger partial charge on any atom is 0.263 e. The van der Waals surface area contributed by atoms with Crippen LogP contribution in [0.15, 0.2) is 41.3 Å². The Morgan fingerprint density at radius 2 is 1.95 bits per heavy atom. The Hall–Kier alpha value is -2.39. The summed E-state index contributed by atoms with van der Waals surface area (Å²) in [7, 11) is -3.76. The van der Waals surface area contributed by atoms with Gasteiger partial charge in [0.1, 0.15) is 5.82 Å². The van der Waals surface area contributed by atoms with E-state index in [0.29, 0.717) is 16.8 Å². The van der Waals surface area contributed by atoms with Crippen LogP contribution in [-0.2, 0) is 10.0 Å². The van der Waals surface area contributed by atoms with Gasteiger partial charge in [-0.05, 0) is 43.7 Å². The molecule has 5 nitrogen and oxygen atoms in total. The molecule has 0 aliphatic rings. The third-order valence-corrected chi connectivity index (χ3v) is 4.23. The van der Waals surface area contributed by atoms with E-state index in [0.717, 1.165) is 0 Å². The van der Waals surface area contributed by atoms with Crippen LogP contribution >= 0.6 is 0 Å². The Morgan fingerprint density at radius 3 is 2.60 bits per heavy atom. The fourth-order valence-corrected chi connectivity index (χ4v) is 3.02. The van der Waals surface area contributed by atoms with Crippen molar-refractivity contribution in [3.05, 3.63) is 53.2 Å². The van der Waals surface area contributed by atoms with E-state index in [-0.39, 0.29) is 10.7 Å². The highest BCUT2D eigenvalue weighted by Gasteiger charge is 2.18. The number of hydrogen-bond donors (Lipinski definition) is 1. The molecule has 0 spiro atoms. The summed E-state index contributed by atoms with van der Waals surface area (Å²) in [6.07, 6.45) is 0. The van der Waals surface area contributed by atoms with Crippen LogP contribution in [0.25, 0.3) is 0 Å². The first-order valence-corrected chi connectivity index (χ1v) is 7.38. The van der Waals surface area contributed by atoms with Gasteiger partial charge in [0, 0.05) is 5.69 Å². The molecule has 1 N–H and O–H groups in total. The van der Waals surface area contributed by atoms with Gasteiger partial charge in [0.25, 0.3) is 10.0 Å². The summed E-state index contributed by atoms with van der Waals surface area (Å²) < 4.78 is 27.1. The van der Waals surface area contributed by atoms with Gasteiger partial charge in [-0.1, -0.05) is 12.1 Å². The number of aryl methyl sites for hydroxylation is 2. The highest BCUT2D eigenvalue weighted by atomic mass is 32.2. The van der Waals surface area contributed by atoms with Gasteiger partial charge in [-0.25, -0.2) is 13.4 Å². The molecule has 102 valence electrons. The molecule has 6 heteroatoms. The highest BCUT2D eigenvalue weighted by molar-refractivity contribution is 7.92. The molecule has 0 aliphatic heterocycles. The molecule has 1 aromatic carbocycles. The highest BCUT2D eigenvalue weighted by Crippen LogP contribution is 2.19. The van der Waals surface area contributed by atoms with Gasteiger partial charge in [-0.3, -0.25) is 4.72 Å². The van der Waals surface area contributed by atoms with Crippen molar-refractivity contribution in [1.29, 1.82) is 5.26 Å². The van der Waals surface area contributed by atoms with Gasteiger partial charge < -0.3 is 0 Å². The van der Waals surface area contributed by atoms with Crippen LogP contribution in [0.3, 0.4) is 0 Å². The SMILES string of the molecule is Cc1cccc(NS(=O)(=O)c2cc(C#N)ccc2C)n1. The number of nitrogens with one attached hydrogen (secondary N) is 1. The lowest BCUT2D eigenvalue weighted by Gasteiger charge is -2.10. The van der Waals surface area contributed by atoms with Crippen molar-refractivity contribution < 1.29 is 8.42 Å². The molecule has 0 saturated carbocycles. The fraction of sp³-hybridized carbons (Fsp3) is 0.143. The van der Waals surface area contributed by atoms with E-state index in [1.165, 1.54) is 6.07 Å². The van der Waals surface area contributed by atoms with Crippen LogP contribution in [-0.4, -0.2) is 13.4 Å². The summed E-state index contributed by atoms with van der Waals surface area (Å²) in [6.45, 7) is 3.46. The second-order valence-corrected chi connectivity index (χ2v) is 6.01. The van der Waals surface area contributed by atoms with E-state index in [1.807, 2.05) is 6.07 Å². The summed E-state index contributed by atoms with van der Waals surface area (Å²) in [5.74, 6) is 0.256. The number of nitrogens with zero attached hydrogens (tertiary/aromatic N) is 2. The first-order valence-electron chi connectivity index (χ1n) is 5.89. The minimum absolute atomic E-state index is 0.0832. The lowest BCUT2D eigenvalue weighted by molar-refractivity contribution is 0.600. The van der Waals surface area contributed by atoms with E-state index in [1.54, 1.807) is 44.2 Å². The van der Waals surface area contributed by atoms with Gasteiger partial charge in [0.15, 0.2) is 0 Å². The summed E-state index contributed by atoms with van der Waals surface area (Å²) in [5, 5.41) is 8.87. The molecular formula is C14H13N3O2S. The van der Waals surface area contributed by atoms with Crippen molar-refractivity contribution in [2.24, 2.45) is 0 Å². The molecule has 0 atom stereocenters. The lowest BCUT2D eigenvalue weighted by atomic mass is 10.2. The van der Waals surface area contributed by atoms with E-state index < -0.39 is 10.0 Å². The fourth-order valence-electron chi connectivity index (χ4n) is 1.75. The zero-order chi connectivity index (χ0) is 14.8. The van der Waals surface area contributed by atoms with Gasteiger partial charge in [-0.15, -0.1) is 0 Å². The maximum atomic E-state index is 12.3. The molecule has 1 heterocycles. The van der Waals surface area contributed by atoms with Gasteiger partial charge >= 0.3 is 0 Å². The summed E-state index contributed by atoms with van der Waals surface area (Å²) >= 11 is 0. The summed E-state index contributed by atoms with van der Waals surface area (Å²) in [4.78, 5) is 4.18.